The van der Waals surface area contributed by atoms with Crippen LogP contribution >= 0.6 is 11.8 Å². The summed E-state index contributed by atoms with van der Waals surface area (Å²) in [4.78, 5) is 4.47. The Balaban J connectivity index is 2.05. The molecule has 5 nitrogen and oxygen atoms in total. The summed E-state index contributed by atoms with van der Waals surface area (Å²) in [6.45, 7) is 5.91. The van der Waals surface area contributed by atoms with Crippen molar-refractivity contribution in [3.63, 3.8) is 0 Å². The van der Waals surface area contributed by atoms with Gasteiger partial charge in [-0.2, -0.15) is 16.9 Å². The fourth-order valence-corrected chi connectivity index (χ4v) is 3.89. The van der Waals surface area contributed by atoms with Gasteiger partial charge in [0, 0.05) is 18.3 Å². The third-order valence-corrected chi connectivity index (χ3v) is 4.92. The van der Waals surface area contributed by atoms with Gasteiger partial charge in [-0.15, -0.1) is 0 Å². The van der Waals surface area contributed by atoms with Gasteiger partial charge >= 0.3 is 0 Å². The van der Waals surface area contributed by atoms with Crippen molar-refractivity contribution in [2.24, 2.45) is 0 Å². The van der Waals surface area contributed by atoms with E-state index < -0.39 is 0 Å². The molecule has 0 aromatic carbocycles. The van der Waals surface area contributed by atoms with Gasteiger partial charge in [-0.05, 0) is 32.4 Å². The average molecular weight is 265 g/mol. The molecule has 1 aliphatic rings. The SMILES string of the molecule is CCn1nc(C)c2nc(N)n(CC3CCCS3)c21. The number of hydrogen-bond acceptors (Lipinski definition) is 4. The van der Waals surface area contributed by atoms with Gasteiger partial charge in [-0.25, -0.2) is 9.67 Å². The second-order valence-electron chi connectivity index (χ2n) is 4.79. The molecule has 1 atom stereocenters. The summed E-state index contributed by atoms with van der Waals surface area (Å²) in [5, 5.41) is 5.19. The lowest BCUT2D eigenvalue weighted by Crippen LogP contribution is -2.14. The zero-order valence-electron chi connectivity index (χ0n) is 10.9. The molecule has 1 saturated heterocycles. The number of nitrogen functional groups attached to an aromatic ring is 1. The Hall–Kier alpha value is -1.17. The van der Waals surface area contributed by atoms with Crippen LogP contribution in [0.15, 0.2) is 0 Å². The van der Waals surface area contributed by atoms with Gasteiger partial charge in [0.15, 0.2) is 5.65 Å². The number of nitrogens with zero attached hydrogens (tertiary/aromatic N) is 4. The summed E-state index contributed by atoms with van der Waals surface area (Å²) >= 11 is 2.04. The summed E-state index contributed by atoms with van der Waals surface area (Å²) in [5.74, 6) is 1.90. The fourth-order valence-electron chi connectivity index (χ4n) is 2.63. The smallest absolute Gasteiger partial charge is 0.202 e. The summed E-state index contributed by atoms with van der Waals surface area (Å²) in [6, 6.07) is 0. The highest BCUT2D eigenvalue weighted by atomic mass is 32.2. The van der Waals surface area contributed by atoms with Gasteiger partial charge in [0.1, 0.15) is 5.52 Å². The molecule has 1 aliphatic heterocycles. The quantitative estimate of drug-likeness (QED) is 0.922. The molecule has 1 fully saturated rings. The highest BCUT2D eigenvalue weighted by Gasteiger charge is 2.21. The minimum atomic E-state index is 0.625. The number of imidazole rings is 1. The van der Waals surface area contributed by atoms with Crippen LogP contribution in [-0.4, -0.2) is 30.3 Å². The molecule has 2 N–H and O–H groups in total. The van der Waals surface area contributed by atoms with Crippen LogP contribution in [0, 0.1) is 6.92 Å². The first kappa shape index (κ1) is 11.9. The number of fused-ring (bicyclic) bond motifs is 1. The predicted octanol–water partition coefficient (Wildman–Crippen LogP) is 2.04. The van der Waals surface area contributed by atoms with Crippen LogP contribution in [-0.2, 0) is 13.1 Å². The normalized spacial score (nSPS) is 20.0. The van der Waals surface area contributed by atoms with Crippen LogP contribution in [0.4, 0.5) is 5.95 Å². The van der Waals surface area contributed by atoms with E-state index >= 15 is 0 Å². The topological polar surface area (TPSA) is 61.7 Å². The van der Waals surface area contributed by atoms with Crippen LogP contribution in [0.3, 0.4) is 0 Å². The van der Waals surface area contributed by atoms with Crippen molar-refractivity contribution in [3.8, 4) is 0 Å². The zero-order valence-corrected chi connectivity index (χ0v) is 11.7. The number of thioether (sulfide) groups is 1. The third-order valence-electron chi connectivity index (χ3n) is 3.54. The molecule has 1 unspecified atom stereocenters. The Morgan fingerprint density at radius 1 is 1.50 bits per heavy atom. The average Bonchev–Trinajstić information content (AvgIpc) is 3.02. The maximum atomic E-state index is 6.07. The summed E-state index contributed by atoms with van der Waals surface area (Å²) in [5.41, 5.74) is 9.08. The third kappa shape index (κ3) is 1.79. The molecule has 0 aliphatic carbocycles. The van der Waals surface area contributed by atoms with Crippen LogP contribution in [0.1, 0.15) is 25.5 Å². The van der Waals surface area contributed by atoms with E-state index in [1.165, 1.54) is 18.6 Å². The molecule has 2 aromatic heterocycles. The molecule has 0 bridgehead atoms. The Kier molecular flexibility index (Phi) is 2.97. The molecule has 3 heterocycles. The Morgan fingerprint density at radius 2 is 2.33 bits per heavy atom. The van der Waals surface area contributed by atoms with E-state index in [-0.39, 0.29) is 0 Å². The van der Waals surface area contributed by atoms with E-state index in [0.717, 1.165) is 29.9 Å². The van der Waals surface area contributed by atoms with Gasteiger partial charge in [0.05, 0.1) is 5.69 Å². The highest BCUT2D eigenvalue weighted by Crippen LogP contribution is 2.30. The minimum absolute atomic E-state index is 0.625. The number of anilines is 1. The summed E-state index contributed by atoms with van der Waals surface area (Å²) < 4.78 is 4.15. The summed E-state index contributed by atoms with van der Waals surface area (Å²) in [7, 11) is 0. The van der Waals surface area contributed by atoms with E-state index in [0.29, 0.717) is 11.2 Å². The maximum Gasteiger partial charge on any atom is 0.202 e. The predicted molar refractivity (Wildman–Crippen MR) is 75.8 cm³/mol. The lowest BCUT2D eigenvalue weighted by Gasteiger charge is -2.12. The Morgan fingerprint density at radius 3 is 3.00 bits per heavy atom. The van der Waals surface area contributed by atoms with Crippen molar-refractivity contribution < 1.29 is 0 Å². The number of aryl methyl sites for hydroxylation is 2. The van der Waals surface area contributed by atoms with Gasteiger partial charge in [0.2, 0.25) is 5.95 Å². The van der Waals surface area contributed by atoms with Gasteiger partial charge in [-0.1, -0.05) is 0 Å². The first-order chi connectivity index (χ1) is 8.70. The molecule has 3 rings (SSSR count). The lowest BCUT2D eigenvalue weighted by atomic mass is 10.2. The number of nitrogens with two attached hydrogens (primary N) is 1. The second kappa shape index (κ2) is 4.50. The molecule has 0 spiro atoms. The summed E-state index contributed by atoms with van der Waals surface area (Å²) in [6.07, 6.45) is 2.60. The first-order valence-corrected chi connectivity index (χ1v) is 7.56. The van der Waals surface area contributed by atoms with Crippen LogP contribution in [0.25, 0.3) is 11.2 Å². The molecule has 18 heavy (non-hydrogen) atoms. The Labute approximate surface area is 111 Å². The van der Waals surface area contributed by atoms with Crippen molar-refractivity contribution in [2.75, 3.05) is 11.5 Å². The second-order valence-corrected chi connectivity index (χ2v) is 6.20. The standard InChI is InChI=1S/C12H19N5S/c1-3-17-11-10(8(2)15-17)14-12(13)16(11)7-9-5-4-6-18-9/h9H,3-7H2,1-2H3,(H2,13,14). The minimum Gasteiger partial charge on any atom is -0.369 e. The molecular formula is C12H19N5S. The molecule has 98 valence electrons. The van der Waals surface area contributed by atoms with Crippen molar-refractivity contribution in [2.45, 2.75) is 45.0 Å². The monoisotopic (exact) mass is 265 g/mol. The van der Waals surface area contributed by atoms with E-state index in [4.69, 9.17) is 5.73 Å². The van der Waals surface area contributed by atoms with Crippen molar-refractivity contribution in [1.29, 1.82) is 0 Å². The molecular weight excluding hydrogens is 246 g/mol. The van der Waals surface area contributed by atoms with Gasteiger partial charge < -0.3 is 5.73 Å². The Bertz CT molecular complexity index is 565. The van der Waals surface area contributed by atoms with Crippen molar-refractivity contribution in [1.82, 2.24) is 19.3 Å². The zero-order chi connectivity index (χ0) is 12.7. The van der Waals surface area contributed by atoms with Gasteiger partial charge in [-0.3, -0.25) is 4.57 Å². The molecule has 0 amide bonds. The first-order valence-electron chi connectivity index (χ1n) is 6.51. The van der Waals surface area contributed by atoms with E-state index in [1.807, 2.05) is 23.4 Å². The molecule has 2 aromatic rings. The number of aromatic nitrogens is 4. The number of hydrogen-bond donors (Lipinski definition) is 1. The molecule has 0 radical (unpaired) electrons. The van der Waals surface area contributed by atoms with E-state index in [9.17, 15) is 0 Å². The molecule has 0 saturated carbocycles. The number of rotatable bonds is 3. The largest absolute Gasteiger partial charge is 0.369 e. The maximum absolute atomic E-state index is 6.07. The lowest BCUT2D eigenvalue weighted by molar-refractivity contribution is 0.611. The molecule has 6 heteroatoms. The van der Waals surface area contributed by atoms with E-state index in [1.54, 1.807) is 0 Å². The van der Waals surface area contributed by atoms with Crippen molar-refractivity contribution in [3.05, 3.63) is 5.69 Å². The van der Waals surface area contributed by atoms with Crippen molar-refractivity contribution >= 4 is 28.9 Å². The highest BCUT2D eigenvalue weighted by molar-refractivity contribution is 8.00. The van der Waals surface area contributed by atoms with Crippen LogP contribution < -0.4 is 5.73 Å². The fraction of sp³-hybridized carbons (Fsp3) is 0.667. The van der Waals surface area contributed by atoms with Crippen LogP contribution in [0.5, 0.6) is 0 Å². The van der Waals surface area contributed by atoms with Crippen LogP contribution in [0.2, 0.25) is 0 Å². The van der Waals surface area contributed by atoms with E-state index in [2.05, 4.69) is 21.6 Å². The van der Waals surface area contributed by atoms with Gasteiger partial charge in [0.25, 0.3) is 0 Å².